The zero-order chi connectivity index (χ0) is 27.9. The lowest BCUT2D eigenvalue weighted by Gasteiger charge is -2.43. The molecule has 2 aromatic heterocycles. The highest BCUT2D eigenvalue weighted by molar-refractivity contribution is 7.09. The van der Waals surface area contributed by atoms with Gasteiger partial charge in [-0.25, -0.2) is 9.59 Å². The quantitative estimate of drug-likeness (QED) is 0.489. The van der Waals surface area contributed by atoms with Crippen molar-refractivity contribution in [3.05, 3.63) is 52.5 Å². The first-order chi connectivity index (χ1) is 17.1. The van der Waals surface area contributed by atoms with Crippen molar-refractivity contribution in [3.8, 4) is 0 Å². The number of nitrogens with zero attached hydrogens (tertiary/aromatic N) is 2. The molecule has 2 aliphatic rings. The molecular formula is C22H23F6N3O5S. The standard InChI is InChI=1S/C18H21N3OS.2C2HF3O2/c22-17-12-16(14-3-7-19-8-4-14)18(20-17)5-9-21(10-6-18)13-15-2-1-11-23-15;2*3-2(4,5)1(6)7/h1-4,7-8,11,16H,5-6,9-10,12-13H2,(H,20,22);2*(H,6,7). The first-order valence-electron chi connectivity index (χ1n) is 10.7. The second-order valence-electron chi connectivity index (χ2n) is 8.20. The Morgan fingerprint density at radius 1 is 1.03 bits per heavy atom. The minimum absolute atomic E-state index is 0.0651. The van der Waals surface area contributed by atoms with E-state index in [0.29, 0.717) is 6.42 Å². The SMILES string of the molecule is O=C(O)C(F)(F)F.O=C(O)C(F)(F)F.O=C1CC(c2ccncc2)C2(CCN(Cc3cccs3)CC2)N1. The Hall–Kier alpha value is -3.20. The molecule has 4 heterocycles. The average Bonchev–Trinajstić information content (AvgIpc) is 3.43. The molecule has 0 saturated carbocycles. The van der Waals surface area contributed by atoms with Gasteiger partial charge in [-0.1, -0.05) is 6.07 Å². The van der Waals surface area contributed by atoms with Crippen LogP contribution in [0.4, 0.5) is 26.3 Å². The molecule has 15 heteroatoms. The van der Waals surface area contributed by atoms with Crippen molar-refractivity contribution < 1.29 is 50.9 Å². The summed E-state index contributed by atoms with van der Waals surface area (Å²) in [6.07, 6.45) is -3.85. The highest BCUT2D eigenvalue weighted by atomic mass is 32.1. The van der Waals surface area contributed by atoms with Gasteiger partial charge in [-0.3, -0.25) is 14.7 Å². The number of thiophene rings is 1. The highest BCUT2D eigenvalue weighted by Crippen LogP contribution is 2.43. The van der Waals surface area contributed by atoms with E-state index in [-0.39, 0.29) is 17.4 Å². The summed E-state index contributed by atoms with van der Waals surface area (Å²) in [5, 5.41) is 19.7. The van der Waals surface area contributed by atoms with Gasteiger partial charge in [0, 0.05) is 54.8 Å². The number of pyridine rings is 1. The molecule has 1 atom stereocenters. The van der Waals surface area contributed by atoms with Crippen molar-refractivity contribution in [2.75, 3.05) is 13.1 Å². The number of aromatic nitrogens is 1. The Balaban J connectivity index is 0.000000286. The topological polar surface area (TPSA) is 120 Å². The van der Waals surface area contributed by atoms with Gasteiger partial charge in [-0.05, 0) is 42.0 Å². The number of alkyl halides is 6. The Bertz CT molecular complexity index is 1020. The predicted molar refractivity (Wildman–Crippen MR) is 119 cm³/mol. The average molecular weight is 555 g/mol. The molecule has 204 valence electrons. The summed E-state index contributed by atoms with van der Waals surface area (Å²) in [4.78, 5) is 37.9. The van der Waals surface area contributed by atoms with Crippen LogP contribution in [0.3, 0.4) is 0 Å². The van der Waals surface area contributed by atoms with Crippen LogP contribution in [0, 0.1) is 0 Å². The monoisotopic (exact) mass is 555 g/mol. The van der Waals surface area contributed by atoms with Crippen LogP contribution in [0.15, 0.2) is 42.0 Å². The maximum Gasteiger partial charge on any atom is 0.490 e. The largest absolute Gasteiger partial charge is 0.490 e. The summed E-state index contributed by atoms with van der Waals surface area (Å²) >= 11 is 1.82. The minimum atomic E-state index is -5.08. The summed E-state index contributed by atoms with van der Waals surface area (Å²) in [7, 11) is 0. The third-order valence-corrected chi connectivity index (χ3v) is 6.61. The Labute approximate surface area is 210 Å². The van der Waals surface area contributed by atoms with Gasteiger partial charge in [0.05, 0.1) is 0 Å². The van der Waals surface area contributed by atoms with E-state index in [4.69, 9.17) is 19.8 Å². The normalized spacial score (nSPS) is 19.2. The number of carbonyl (C=O) groups is 3. The fourth-order valence-electron chi connectivity index (χ4n) is 4.04. The molecule has 1 spiro atoms. The number of hydrogen-bond donors (Lipinski definition) is 3. The third kappa shape index (κ3) is 9.00. The van der Waals surface area contributed by atoms with Crippen LogP contribution in [0.2, 0.25) is 0 Å². The number of carboxylic acid groups (broad SMARTS) is 2. The smallest absolute Gasteiger partial charge is 0.475 e. The number of halogens is 6. The molecule has 0 aliphatic carbocycles. The first-order valence-corrected chi connectivity index (χ1v) is 11.6. The van der Waals surface area contributed by atoms with Crippen LogP contribution in [0.5, 0.6) is 0 Å². The number of aliphatic carboxylic acids is 2. The number of likely N-dealkylation sites (tertiary alicyclic amines) is 1. The summed E-state index contributed by atoms with van der Waals surface area (Å²) < 4.78 is 63.5. The molecule has 8 nitrogen and oxygen atoms in total. The van der Waals surface area contributed by atoms with Gasteiger partial charge in [-0.15, -0.1) is 11.3 Å². The van der Waals surface area contributed by atoms with Crippen molar-refractivity contribution in [2.24, 2.45) is 0 Å². The van der Waals surface area contributed by atoms with Crippen molar-refractivity contribution in [3.63, 3.8) is 0 Å². The molecule has 3 N–H and O–H groups in total. The van der Waals surface area contributed by atoms with Gasteiger partial charge in [0.1, 0.15) is 0 Å². The number of amides is 1. The number of hydrogen-bond acceptors (Lipinski definition) is 6. The minimum Gasteiger partial charge on any atom is -0.475 e. The fraction of sp³-hybridized carbons (Fsp3) is 0.455. The number of rotatable bonds is 3. The van der Waals surface area contributed by atoms with Crippen molar-refractivity contribution in [1.29, 1.82) is 0 Å². The van der Waals surface area contributed by atoms with E-state index in [2.05, 4.69) is 44.8 Å². The van der Waals surface area contributed by atoms with E-state index < -0.39 is 24.3 Å². The van der Waals surface area contributed by atoms with Crippen molar-refractivity contribution in [1.82, 2.24) is 15.2 Å². The third-order valence-electron chi connectivity index (χ3n) is 5.75. The molecule has 0 aromatic carbocycles. The summed E-state index contributed by atoms with van der Waals surface area (Å²) in [5.74, 6) is -5.04. The number of carbonyl (C=O) groups excluding carboxylic acids is 1. The molecule has 2 aliphatic heterocycles. The van der Waals surface area contributed by atoms with Crippen molar-refractivity contribution in [2.45, 2.75) is 49.6 Å². The second-order valence-corrected chi connectivity index (χ2v) is 9.24. The van der Waals surface area contributed by atoms with Gasteiger partial charge in [0.15, 0.2) is 0 Å². The zero-order valence-electron chi connectivity index (χ0n) is 19.1. The summed E-state index contributed by atoms with van der Waals surface area (Å²) in [6, 6.07) is 8.43. The summed E-state index contributed by atoms with van der Waals surface area (Å²) in [5.41, 5.74) is 1.18. The van der Waals surface area contributed by atoms with E-state index in [0.717, 1.165) is 32.5 Å². The van der Waals surface area contributed by atoms with E-state index in [1.807, 2.05) is 23.7 Å². The summed E-state index contributed by atoms with van der Waals surface area (Å²) in [6.45, 7) is 3.11. The van der Waals surface area contributed by atoms with Gasteiger partial charge in [0.25, 0.3) is 0 Å². The van der Waals surface area contributed by atoms with Crippen LogP contribution in [0.25, 0.3) is 0 Å². The maximum absolute atomic E-state index is 12.1. The Morgan fingerprint density at radius 2 is 1.54 bits per heavy atom. The molecule has 0 bridgehead atoms. The first kappa shape index (κ1) is 30.0. The Kier molecular flexibility index (Phi) is 10.0. The van der Waals surface area contributed by atoms with E-state index in [1.54, 1.807) is 0 Å². The van der Waals surface area contributed by atoms with E-state index in [1.165, 1.54) is 10.4 Å². The molecule has 4 rings (SSSR count). The zero-order valence-corrected chi connectivity index (χ0v) is 19.9. The molecule has 1 amide bonds. The van der Waals surface area contributed by atoms with Crippen LogP contribution < -0.4 is 5.32 Å². The number of piperidine rings is 1. The maximum atomic E-state index is 12.1. The molecule has 1 unspecified atom stereocenters. The van der Waals surface area contributed by atoms with Crippen LogP contribution in [-0.2, 0) is 20.9 Å². The Morgan fingerprint density at radius 3 is 1.97 bits per heavy atom. The van der Waals surface area contributed by atoms with Gasteiger partial charge in [0.2, 0.25) is 5.91 Å². The number of carboxylic acids is 2. The second kappa shape index (κ2) is 12.4. The lowest BCUT2D eigenvalue weighted by Crippen LogP contribution is -2.53. The fourth-order valence-corrected chi connectivity index (χ4v) is 4.78. The van der Waals surface area contributed by atoms with Crippen LogP contribution in [0.1, 0.15) is 35.6 Å². The molecule has 2 aromatic rings. The van der Waals surface area contributed by atoms with Crippen LogP contribution >= 0.6 is 11.3 Å². The molecular weight excluding hydrogens is 532 g/mol. The van der Waals surface area contributed by atoms with Gasteiger partial charge in [-0.2, -0.15) is 26.3 Å². The molecule has 0 radical (unpaired) electrons. The lowest BCUT2D eigenvalue weighted by molar-refractivity contribution is -0.193. The van der Waals surface area contributed by atoms with E-state index >= 15 is 0 Å². The van der Waals surface area contributed by atoms with E-state index in [9.17, 15) is 31.1 Å². The van der Waals surface area contributed by atoms with Gasteiger partial charge >= 0.3 is 24.3 Å². The lowest BCUT2D eigenvalue weighted by atomic mass is 9.74. The predicted octanol–water partition coefficient (Wildman–Crippen LogP) is 4.05. The van der Waals surface area contributed by atoms with Crippen LogP contribution in [-0.4, -0.2) is 68.9 Å². The highest BCUT2D eigenvalue weighted by Gasteiger charge is 2.48. The number of nitrogens with one attached hydrogen (secondary N) is 1. The molecule has 2 fully saturated rings. The van der Waals surface area contributed by atoms with Gasteiger partial charge < -0.3 is 15.5 Å². The molecule has 37 heavy (non-hydrogen) atoms. The van der Waals surface area contributed by atoms with Crippen molar-refractivity contribution >= 4 is 29.2 Å². The molecule has 2 saturated heterocycles.